The molecule has 2 atom stereocenters. The van der Waals surface area contributed by atoms with Gasteiger partial charge in [-0.1, -0.05) is 32.6 Å². The number of rotatable bonds is 9. The molecule has 1 heterocycles. The van der Waals surface area contributed by atoms with Gasteiger partial charge in [0.2, 0.25) is 0 Å². The zero-order valence-corrected chi connectivity index (χ0v) is 14.9. The second kappa shape index (κ2) is 9.39. The smallest absolute Gasteiger partial charge is 0.191 e. The molecule has 4 nitrogen and oxygen atoms in total. The van der Waals surface area contributed by atoms with Crippen molar-refractivity contribution in [2.24, 2.45) is 10.9 Å². The Morgan fingerprint density at radius 2 is 2.05 bits per heavy atom. The van der Waals surface area contributed by atoms with Crippen molar-refractivity contribution in [3.8, 4) is 0 Å². The fourth-order valence-corrected chi connectivity index (χ4v) is 3.42. The van der Waals surface area contributed by atoms with Crippen LogP contribution in [0.2, 0.25) is 0 Å². The molecule has 2 unspecified atom stereocenters. The Morgan fingerprint density at radius 1 is 1.23 bits per heavy atom. The van der Waals surface area contributed by atoms with E-state index < -0.39 is 0 Å². The summed E-state index contributed by atoms with van der Waals surface area (Å²) < 4.78 is 0. The molecule has 1 aliphatic heterocycles. The van der Waals surface area contributed by atoms with E-state index in [2.05, 4.69) is 34.4 Å². The quantitative estimate of drug-likeness (QED) is 0.391. The van der Waals surface area contributed by atoms with Crippen LogP contribution in [0.5, 0.6) is 0 Å². The number of nitrogens with zero attached hydrogens (tertiary/aromatic N) is 2. The lowest BCUT2D eigenvalue weighted by atomic mass is 10.1. The third-order valence-corrected chi connectivity index (χ3v) is 5.04. The van der Waals surface area contributed by atoms with Crippen molar-refractivity contribution in [2.75, 3.05) is 26.7 Å². The normalized spacial score (nSPS) is 24.5. The van der Waals surface area contributed by atoms with Gasteiger partial charge in [0.1, 0.15) is 0 Å². The van der Waals surface area contributed by atoms with E-state index in [-0.39, 0.29) is 0 Å². The summed E-state index contributed by atoms with van der Waals surface area (Å²) in [5, 5.41) is 7.08. The zero-order chi connectivity index (χ0) is 15.8. The SMILES string of the molecule is CCCCCCC(C)NC(=NC)NCC1CCN(C2CC2)C1. The molecule has 1 saturated heterocycles. The summed E-state index contributed by atoms with van der Waals surface area (Å²) in [7, 11) is 1.88. The Balaban J connectivity index is 1.58. The van der Waals surface area contributed by atoms with E-state index in [4.69, 9.17) is 0 Å². The predicted octanol–water partition coefficient (Wildman–Crippen LogP) is 2.99. The van der Waals surface area contributed by atoms with Gasteiger partial charge in [0.05, 0.1) is 0 Å². The number of guanidine groups is 1. The summed E-state index contributed by atoms with van der Waals surface area (Å²) in [5.41, 5.74) is 0. The van der Waals surface area contributed by atoms with Crippen LogP contribution < -0.4 is 10.6 Å². The van der Waals surface area contributed by atoms with Crippen LogP contribution in [0.1, 0.15) is 65.2 Å². The molecule has 0 aromatic heterocycles. The minimum absolute atomic E-state index is 0.509. The van der Waals surface area contributed by atoms with Crippen LogP contribution in [0.4, 0.5) is 0 Å². The van der Waals surface area contributed by atoms with Crippen molar-refractivity contribution in [1.82, 2.24) is 15.5 Å². The molecule has 0 radical (unpaired) electrons. The van der Waals surface area contributed by atoms with Crippen LogP contribution in [0.25, 0.3) is 0 Å². The van der Waals surface area contributed by atoms with Crippen molar-refractivity contribution < 1.29 is 0 Å². The number of hydrogen-bond donors (Lipinski definition) is 2. The molecule has 2 N–H and O–H groups in total. The van der Waals surface area contributed by atoms with E-state index in [9.17, 15) is 0 Å². The molecule has 0 aromatic carbocycles. The average Bonchev–Trinajstić information content (AvgIpc) is 3.27. The van der Waals surface area contributed by atoms with Crippen LogP contribution in [0, 0.1) is 5.92 Å². The van der Waals surface area contributed by atoms with E-state index in [0.29, 0.717) is 6.04 Å². The molecule has 2 rings (SSSR count). The fraction of sp³-hybridized carbons (Fsp3) is 0.944. The first kappa shape index (κ1) is 17.6. The molecule has 1 saturated carbocycles. The Labute approximate surface area is 137 Å². The van der Waals surface area contributed by atoms with E-state index in [1.165, 1.54) is 64.5 Å². The summed E-state index contributed by atoms with van der Waals surface area (Å²) in [6, 6.07) is 1.43. The topological polar surface area (TPSA) is 39.7 Å². The molecule has 0 spiro atoms. The lowest BCUT2D eigenvalue weighted by Crippen LogP contribution is -2.44. The number of likely N-dealkylation sites (tertiary alicyclic amines) is 1. The van der Waals surface area contributed by atoms with Gasteiger partial charge in [-0.25, -0.2) is 0 Å². The van der Waals surface area contributed by atoms with E-state index in [0.717, 1.165) is 24.5 Å². The predicted molar refractivity (Wildman–Crippen MR) is 95.4 cm³/mol. The maximum absolute atomic E-state index is 4.38. The first-order valence-corrected chi connectivity index (χ1v) is 9.44. The van der Waals surface area contributed by atoms with E-state index in [1.807, 2.05) is 7.05 Å². The molecule has 0 bridgehead atoms. The van der Waals surface area contributed by atoms with Crippen LogP contribution in [0.3, 0.4) is 0 Å². The van der Waals surface area contributed by atoms with Gasteiger partial charge in [-0.05, 0) is 45.1 Å². The molecule has 128 valence electrons. The minimum Gasteiger partial charge on any atom is -0.356 e. The lowest BCUT2D eigenvalue weighted by Gasteiger charge is -2.20. The highest BCUT2D eigenvalue weighted by Gasteiger charge is 2.34. The van der Waals surface area contributed by atoms with Gasteiger partial charge in [0.25, 0.3) is 0 Å². The van der Waals surface area contributed by atoms with Crippen LogP contribution >= 0.6 is 0 Å². The molecular weight excluding hydrogens is 272 g/mol. The second-order valence-electron chi connectivity index (χ2n) is 7.23. The molecule has 0 aromatic rings. The monoisotopic (exact) mass is 308 g/mol. The van der Waals surface area contributed by atoms with Gasteiger partial charge in [-0.3, -0.25) is 4.99 Å². The molecule has 22 heavy (non-hydrogen) atoms. The summed E-state index contributed by atoms with van der Waals surface area (Å²) in [6.45, 7) is 8.17. The Bertz CT molecular complexity index is 338. The van der Waals surface area contributed by atoms with Gasteiger partial charge in [0.15, 0.2) is 5.96 Å². The highest BCUT2D eigenvalue weighted by molar-refractivity contribution is 5.79. The summed E-state index contributed by atoms with van der Waals surface area (Å²) >= 11 is 0. The number of aliphatic imine (C=N–C) groups is 1. The van der Waals surface area contributed by atoms with Crippen molar-refractivity contribution in [1.29, 1.82) is 0 Å². The Hall–Kier alpha value is -0.770. The van der Waals surface area contributed by atoms with Gasteiger partial charge < -0.3 is 15.5 Å². The fourth-order valence-electron chi connectivity index (χ4n) is 3.42. The maximum atomic E-state index is 4.38. The first-order chi connectivity index (χ1) is 10.7. The lowest BCUT2D eigenvalue weighted by molar-refractivity contribution is 0.314. The van der Waals surface area contributed by atoms with Gasteiger partial charge in [0, 0.05) is 32.2 Å². The molecular formula is C18H36N4. The second-order valence-corrected chi connectivity index (χ2v) is 7.23. The van der Waals surface area contributed by atoms with E-state index >= 15 is 0 Å². The largest absolute Gasteiger partial charge is 0.356 e. The molecule has 0 amide bonds. The third-order valence-electron chi connectivity index (χ3n) is 5.04. The van der Waals surface area contributed by atoms with Crippen molar-refractivity contribution in [3.05, 3.63) is 0 Å². The first-order valence-electron chi connectivity index (χ1n) is 9.44. The number of unbranched alkanes of at least 4 members (excludes halogenated alkanes) is 3. The maximum Gasteiger partial charge on any atom is 0.191 e. The van der Waals surface area contributed by atoms with Crippen molar-refractivity contribution in [2.45, 2.75) is 77.3 Å². The standard InChI is InChI=1S/C18H36N4/c1-4-5-6-7-8-15(2)21-18(19-3)20-13-16-11-12-22(14-16)17-9-10-17/h15-17H,4-14H2,1-3H3,(H2,19,20,21). The summed E-state index contributed by atoms with van der Waals surface area (Å²) in [4.78, 5) is 7.06. The summed E-state index contributed by atoms with van der Waals surface area (Å²) in [5.74, 6) is 1.77. The van der Waals surface area contributed by atoms with Crippen molar-refractivity contribution >= 4 is 5.96 Å². The number of hydrogen-bond acceptors (Lipinski definition) is 2. The highest BCUT2D eigenvalue weighted by Crippen LogP contribution is 2.31. The minimum atomic E-state index is 0.509. The molecule has 2 fully saturated rings. The molecule has 4 heteroatoms. The zero-order valence-electron chi connectivity index (χ0n) is 14.9. The summed E-state index contributed by atoms with van der Waals surface area (Å²) in [6.07, 6.45) is 10.8. The third kappa shape index (κ3) is 6.15. The van der Waals surface area contributed by atoms with Gasteiger partial charge >= 0.3 is 0 Å². The van der Waals surface area contributed by atoms with E-state index in [1.54, 1.807) is 0 Å². The Morgan fingerprint density at radius 3 is 2.73 bits per heavy atom. The molecule has 2 aliphatic rings. The molecule has 1 aliphatic carbocycles. The van der Waals surface area contributed by atoms with Crippen LogP contribution in [-0.4, -0.2) is 49.6 Å². The van der Waals surface area contributed by atoms with Gasteiger partial charge in [-0.15, -0.1) is 0 Å². The highest BCUT2D eigenvalue weighted by atomic mass is 15.2. The number of nitrogens with one attached hydrogen (secondary N) is 2. The Kier molecular flexibility index (Phi) is 7.50. The average molecular weight is 309 g/mol. The van der Waals surface area contributed by atoms with Gasteiger partial charge in [-0.2, -0.15) is 0 Å². The van der Waals surface area contributed by atoms with Crippen LogP contribution in [0.15, 0.2) is 4.99 Å². The van der Waals surface area contributed by atoms with Crippen molar-refractivity contribution in [3.63, 3.8) is 0 Å². The van der Waals surface area contributed by atoms with Crippen LogP contribution in [-0.2, 0) is 0 Å².